The number of methoxy groups -OCH3 is 1. The molecule has 4 heteroatoms. The smallest absolute Gasteiger partial charge is 0.119 e. The number of nitrogens with zero attached hydrogens (tertiary/aromatic N) is 1. The lowest BCUT2D eigenvalue weighted by Gasteiger charge is -2.09. The van der Waals surface area contributed by atoms with Gasteiger partial charge in [-0.2, -0.15) is 0 Å². The summed E-state index contributed by atoms with van der Waals surface area (Å²) in [5, 5.41) is 2.10. The van der Waals surface area contributed by atoms with Crippen molar-refractivity contribution in [1.29, 1.82) is 0 Å². The van der Waals surface area contributed by atoms with Crippen molar-refractivity contribution in [2.75, 3.05) is 12.8 Å². The summed E-state index contributed by atoms with van der Waals surface area (Å²) in [7, 11) is 1.67. The topological polar surface area (TPSA) is 48.1 Å². The van der Waals surface area contributed by atoms with Crippen LogP contribution in [0.5, 0.6) is 5.75 Å². The lowest BCUT2D eigenvalue weighted by Crippen LogP contribution is -1.89. The quantitative estimate of drug-likeness (QED) is 0.738. The standard InChI is InChI=1S/C16H14N2OS/c1-19-11-3-2-4-12(9-11)20-16-6-5-15(17)14-10-18-8-7-13(14)16/h2-10H,17H2,1H3. The third-order valence-corrected chi connectivity index (χ3v) is 4.15. The number of fused-ring (bicyclic) bond motifs is 1. The Morgan fingerprint density at radius 1 is 1.10 bits per heavy atom. The van der Waals surface area contributed by atoms with Gasteiger partial charge in [-0.25, -0.2) is 0 Å². The van der Waals surface area contributed by atoms with Crippen molar-refractivity contribution in [1.82, 2.24) is 4.98 Å². The van der Waals surface area contributed by atoms with Gasteiger partial charge in [0.1, 0.15) is 5.75 Å². The van der Waals surface area contributed by atoms with Crippen molar-refractivity contribution in [3.63, 3.8) is 0 Å². The van der Waals surface area contributed by atoms with Gasteiger partial charge in [-0.05, 0) is 36.4 Å². The maximum Gasteiger partial charge on any atom is 0.119 e. The molecule has 0 radical (unpaired) electrons. The molecule has 100 valence electrons. The van der Waals surface area contributed by atoms with E-state index in [1.165, 1.54) is 0 Å². The molecule has 0 aliphatic rings. The van der Waals surface area contributed by atoms with Crippen molar-refractivity contribution in [2.24, 2.45) is 0 Å². The zero-order chi connectivity index (χ0) is 13.9. The summed E-state index contributed by atoms with van der Waals surface area (Å²) in [6.45, 7) is 0. The Morgan fingerprint density at radius 2 is 2.00 bits per heavy atom. The van der Waals surface area contributed by atoms with Gasteiger partial charge in [0, 0.05) is 38.6 Å². The highest BCUT2D eigenvalue weighted by molar-refractivity contribution is 7.99. The minimum atomic E-state index is 0.753. The maximum absolute atomic E-state index is 5.99. The molecule has 1 heterocycles. The van der Waals surface area contributed by atoms with Gasteiger partial charge in [0.2, 0.25) is 0 Å². The Bertz CT molecular complexity index is 758. The number of benzene rings is 2. The van der Waals surface area contributed by atoms with Crippen molar-refractivity contribution < 1.29 is 4.74 Å². The van der Waals surface area contributed by atoms with Crippen LogP contribution in [0.15, 0.2) is 64.6 Å². The van der Waals surface area contributed by atoms with E-state index < -0.39 is 0 Å². The van der Waals surface area contributed by atoms with Crippen molar-refractivity contribution in [3.8, 4) is 5.75 Å². The van der Waals surface area contributed by atoms with E-state index in [0.29, 0.717) is 0 Å². The normalized spacial score (nSPS) is 10.7. The second kappa shape index (κ2) is 5.43. The summed E-state index contributed by atoms with van der Waals surface area (Å²) in [6, 6.07) is 14.0. The largest absolute Gasteiger partial charge is 0.497 e. The van der Waals surface area contributed by atoms with Crippen LogP contribution in [-0.4, -0.2) is 12.1 Å². The van der Waals surface area contributed by atoms with Crippen LogP contribution in [0.25, 0.3) is 10.8 Å². The van der Waals surface area contributed by atoms with Crippen LogP contribution in [-0.2, 0) is 0 Å². The highest BCUT2D eigenvalue weighted by Gasteiger charge is 2.06. The number of hydrogen-bond acceptors (Lipinski definition) is 4. The molecule has 2 N–H and O–H groups in total. The number of rotatable bonds is 3. The molecule has 1 aromatic heterocycles. The van der Waals surface area contributed by atoms with E-state index in [9.17, 15) is 0 Å². The number of ether oxygens (including phenoxy) is 1. The zero-order valence-electron chi connectivity index (χ0n) is 11.0. The zero-order valence-corrected chi connectivity index (χ0v) is 11.9. The maximum atomic E-state index is 5.99. The van der Waals surface area contributed by atoms with E-state index in [4.69, 9.17) is 10.5 Å². The van der Waals surface area contributed by atoms with Gasteiger partial charge in [0.25, 0.3) is 0 Å². The summed E-state index contributed by atoms with van der Waals surface area (Å²) in [6.07, 6.45) is 3.59. The molecule has 0 unspecified atom stereocenters. The summed E-state index contributed by atoms with van der Waals surface area (Å²) >= 11 is 1.69. The first kappa shape index (κ1) is 12.8. The number of anilines is 1. The van der Waals surface area contributed by atoms with Crippen molar-refractivity contribution in [2.45, 2.75) is 9.79 Å². The van der Waals surface area contributed by atoms with Crippen LogP contribution in [0.1, 0.15) is 0 Å². The first-order valence-corrected chi connectivity index (χ1v) is 7.03. The Morgan fingerprint density at radius 3 is 2.85 bits per heavy atom. The van der Waals surface area contributed by atoms with Crippen LogP contribution in [0.4, 0.5) is 5.69 Å². The van der Waals surface area contributed by atoms with Gasteiger partial charge in [0.15, 0.2) is 0 Å². The molecule has 3 rings (SSSR count). The predicted molar refractivity (Wildman–Crippen MR) is 83.3 cm³/mol. The van der Waals surface area contributed by atoms with E-state index >= 15 is 0 Å². The molecule has 20 heavy (non-hydrogen) atoms. The summed E-state index contributed by atoms with van der Waals surface area (Å²) in [5.74, 6) is 0.858. The molecular weight excluding hydrogens is 268 g/mol. The third kappa shape index (κ3) is 2.42. The van der Waals surface area contributed by atoms with Crippen LogP contribution in [0.2, 0.25) is 0 Å². The number of pyridine rings is 1. The van der Waals surface area contributed by atoms with Crippen LogP contribution < -0.4 is 10.5 Å². The van der Waals surface area contributed by atoms with E-state index in [-0.39, 0.29) is 0 Å². The van der Waals surface area contributed by atoms with E-state index in [2.05, 4.69) is 11.1 Å². The molecule has 0 bridgehead atoms. The Hall–Kier alpha value is -2.20. The number of hydrogen-bond donors (Lipinski definition) is 1. The van der Waals surface area contributed by atoms with E-state index in [1.54, 1.807) is 31.3 Å². The first-order chi connectivity index (χ1) is 9.78. The van der Waals surface area contributed by atoms with Crippen molar-refractivity contribution in [3.05, 3.63) is 54.9 Å². The van der Waals surface area contributed by atoms with Crippen LogP contribution in [0.3, 0.4) is 0 Å². The van der Waals surface area contributed by atoms with Gasteiger partial charge < -0.3 is 10.5 Å². The summed E-state index contributed by atoms with van der Waals surface area (Å²) in [4.78, 5) is 6.43. The minimum absolute atomic E-state index is 0.753. The molecule has 0 saturated heterocycles. The number of nitrogen functional groups attached to an aromatic ring is 1. The minimum Gasteiger partial charge on any atom is -0.497 e. The van der Waals surface area contributed by atoms with Crippen LogP contribution >= 0.6 is 11.8 Å². The molecule has 0 saturated carbocycles. The molecular formula is C16H14N2OS. The van der Waals surface area contributed by atoms with Gasteiger partial charge in [-0.3, -0.25) is 4.98 Å². The number of aromatic nitrogens is 1. The monoisotopic (exact) mass is 282 g/mol. The average molecular weight is 282 g/mol. The first-order valence-electron chi connectivity index (χ1n) is 6.22. The van der Waals surface area contributed by atoms with Gasteiger partial charge in [-0.15, -0.1) is 0 Å². The molecule has 0 spiro atoms. The molecule has 0 atom stereocenters. The second-order valence-corrected chi connectivity index (χ2v) is 5.47. The molecule has 3 nitrogen and oxygen atoms in total. The predicted octanol–water partition coefficient (Wildman–Crippen LogP) is 3.98. The highest BCUT2D eigenvalue weighted by atomic mass is 32.2. The second-order valence-electron chi connectivity index (χ2n) is 4.36. The fraction of sp³-hybridized carbons (Fsp3) is 0.0625. The average Bonchev–Trinajstić information content (AvgIpc) is 2.51. The lowest BCUT2D eigenvalue weighted by atomic mass is 10.1. The fourth-order valence-electron chi connectivity index (χ4n) is 2.07. The molecule has 0 amide bonds. The molecule has 3 aromatic rings. The third-order valence-electron chi connectivity index (χ3n) is 3.08. The highest BCUT2D eigenvalue weighted by Crippen LogP contribution is 2.36. The van der Waals surface area contributed by atoms with E-state index in [1.807, 2.05) is 36.4 Å². The molecule has 0 aliphatic carbocycles. The Balaban J connectivity index is 2.04. The van der Waals surface area contributed by atoms with Gasteiger partial charge in [-0.1, -0.05) is 17.8 Å². The summed E-state index contributed by atoms with van der Waals surface area (Å²) in [5.41, 5.74) is 6.75. The SMILES string of the molecule is COc1cccc(Sc2ccc(N)c3cnccc23)c1. The molecule has 0 aliphatic heterocycles. The molecule has 0 fully saturated rings. The van der Waals surface area contributed by atoms with Gasteiger partial charge in [0.05, 0.1) is 7.11 Å². The van der Waals surface area contributed by atoms with E-state index in [0.717, 1.165) is 32.0 Å². The number of nitrogens with two attached hydrogens (primary N) is 1. The lowest BCUT2D eigenvalue weighted by molar-refractivity contribution is 0.413. The van der Waals surface area contributed by atoms with Gasteiger partial charge >= 0.3 is 0 Å². The van der Waals surface area contributed by atoms with Crippen molar-refractivity contribution >= 4 is 28.2 Å². The summed E-state index contributed by atoms with van der Waals surface area (Å²) < 4.78 is 5.26. The Labute approximate surface area is 121 Å². The fourth-order valence-corrected chi connectivity index (χ4v) is 3.06. The molecule has 2 aromatic carbocycles. The van der Waals surface area contributed by atoms with Crippen LogP contribution in [0, 0.1) is 0 Å². The Kier molecular flexibility index (Phi) is 3.48.